The molecule has 2 rings (SSSR count). The number of likely N-dealkylation sites (tertiary alicyclic amines) is 1. The van der Waals surface area contributed by atoms with Crippen LogP contribution in [0.4, 0.5) is 0 Å². The molecule has 2 nitrogen and oxygen atoms in total. The van der Waals surface area contributed by atoms with Gasteiger partial charge >= 0.3 is 0 Å². The van der Waals surface area contributed by atoms with Gasteiger partial charge < -0.3 is 5.73 Å². The molecule has 0 radical (unpaired) electrons. The third-order valence-electron chi connectivity index (χ3n) is 3.81. The summed E-state index contributed by atoms with van der Waals surface area (Å²) < 4.78 is 0. The number of hydrogen-bond donors (Lipinski definition) is 1. The van der Waals surface area contributed by atoms with Crippen molar-refractivity contribution in [2.24, 2.45) is 11.7 Å². The largest absolute Gasteiger partial charge is 0.326 e. The summed E-state index contributed by atoms with van der Waals surface area (Å²) in [5.74, 6) is 0.967. The summed E-state index contributed by atoms with van der Waals surface area (Å²) in [5.41, 5.74) is 6.13. The Morgan fingerprint density at radius 3 is 2.54 bits per heavy atom. The minimum absolute atomic E-state index is 0.464. The molecule has 1 aliphatic heterocycles. The van der Waals surface area contributed by atoms with Gasteiger partial charge in [-0.3, -0.25) is 4.90 Å². The van der Waals surface area contributed by atoms with Gasteiger partial charge in [0.05, 0.1) is 0 Å². The summed E-state index contributed by atoms with van der Waals surface area (Å²) in [7, 11) is 0. The quantitative estimate of drug-likeness (QED) is 0.703. The Kier molecular flexibility index (Phi) is 2.89. The first-order valence-corrected chi connectivity index (χ1v) is 5.81. The van der Waals surface area contributed by atoms with Crippen molar-refractivity contribution in [3.63, 3.8) is 0 Å². The molecule has 76 valence electrons. The van der Waals surface area contributed by atoms with Crippen LogP contribution < -0.4 is 5.73 Å². The average molecular weight is 182 g/mol. The molecule has 1 heterocycles. The van der Waals surface area contributed by atoms with Gasteiger partial charge in [0.25, 0.3) is 0 Å². The molecule has 2 heteroatoms. The molecule has 0 aromatic carbocycles. The smallest absolute Gasteiger partial charge is 0.0247 e. The summed E-state index contributed by atoms with van der Waals surface area (Å²) >= 11 is 0. The molecule has 2 aliphatic rings. The Balaban J connectivity index is 1.80. The molecule has 0 amide bonds. The molecule has 1 saturated heterocycles. The molecule has 1 aliphatic carbocycles. The summed E-state index contributed by atoms with van der Waals surface area (Å²) in [4.78, 5) is 2.61. The van der Waals surface area contributed by atoms with Crippen molar-refractivity contribution in [1.82, 2.24) is 4.90 Å². The first-order chi connectivity index (χ1) is 6.31. The molecule has 2 fully saturated rings. The molecule has 2 unspecified atom stereocenters. The highest BCUT2D eigenvalue weighted by atomic mass is 15.2. The van der Waals surface area contributed by atoms with Crippen LogP contribution in [0.15, 0.2) is 0 Å². The van der Waals surface area contributed by atoms with E-state index in [1.165, 1.54) is 45.2 Å². The van der Waals surface area contributed by atoms with Gasteiger partial charge in [-0.2, -0.15) is 0 Å². The monoisotopic (exact) mass is 182 g/mol. The zero-order valence-electron chi connectivity index (χ0n) is 8.71. The maximum Gasteiger partial charge on any atom is 0.0247 e. The van der Waals surface area contributed by atoms with E-state index in [1.807, 2.05) is 0 Å². The molecule has 1 saturated carbocycles. The lowest BCUT2D eigenvalue weighted by Crippen LogP contribution is -2.58. The van der Waals surface area contributed by atoms with E-state index in [-0.39, 0.29) is 0 Å². The molecule has 0 aromatic rings. The normalized spacial score (nSPS) is 37.4. The zero-order chi connectivity index (χ0) is 9.26. The van der Waals surface area contributed by atoms with Crippen molar-refractivity contribution in [2.45, 2.75) is 51.1 Å². The molecule has 2 atom stereocenters. The number of nitrogens with zero attached hydrogens (tertiary/aromatic N) is 1. The van der Waals surface area contributed by atoms with Crippen LogP contribution in [0.25, 0.3) is 0 Å². The lowest BCUT2D eigenvalue weighted by atomic mass is 9.85. The number of nitrogens with two attached hydrogens (primary N) is 1. The van der Waals surface area contributed by atoms with E-state index in [0.29, 0.717) is 6.04 Å². The second kappa shape index (κ2) is 3.97. The van der Waals surface area contributed by atoms with Crippen molar-refractivity contribution in [2.75, 3.05) is 13.1 Å². The van der Waals surface area contributed by atoms with Crippen molar-refractivity contribution >= 4 is 0 Å². The van der Waals surface area contributed by atoms with Gasteiger partial charge in [-0.05, 0) is 18.8 Å². The predicted octanol–water partition coefficient (Wildman–Crippen LogP) is 1.60. The first kappa shape index (κ1) is 9.47. The van der Waals surface area contributed by atoms with Crippen LogP contribution in [-0.4, -0.2) is 30.1 Å². The van der Waals surface area contributed by atoms with Crippen LogP contribution in [0.2, 0.25) is 0 Å². The van der Waals surface area contributed by atoms with Gasteiger partial charge in [-0.15, -0.1) is 0 Å². The highest BCUT2D eigenvalue weighted by Gasteiger charge is 2.34. The van der Waals surface area contributed by atoms with E-state index in [1.54, 1.807) is 0 Å². The topological polar surface area (TPSA) is 29.3 Å². The van der Waals surface area contributed by atoms with E-state index in [9.17, 15) is 0 Å². The van der Waals surface area contributed by atoms with Gasteiger partial charge in [0.2, 0.25) is 0 Å². The fourth-order valence-corrected chi connectivity index (χ4v) is 2.73. The van der Waals surface area contributed by atoms with Gasteiger partial charge in [-0.25, -0.2) is 0 Å². The van der Waals surface area contributed by atoms with Crippen LogP contribution in [-0.2, 0) is 0 Å². The van der Waals surface area contributed by atoms with Crippen LogP contribution in [0.1, 0.15) is 39.0 Å². The summed E-state index contributed by atoms with van der Waals surface area (Å²) in [6, 6.07) is 1.18. The Labute approximate surface area is 81.5 Å². The summed E-state index contributed by atoms with van der Waals surface area (Å²) in [5, 5.41) is 0. The van der Waals surface area contributed by atoms with E-state index in [2.05, 4.69) is 11.8 Å². The fraction of sp³-hybridized carbons (Fsp3) is 1.00. The highest BCUT2D eigenvalue weighted by molar-refractivity contribution is 4.92. The van der Waals surface area contributed by atoms with Crippen molar-refractivity contribution in [3.8, 4) is 0 Å². The second-order valence-corrected chi connectivity index (χ2v) is 4.74. The predicted molar refractivity (Wildman–Crippen MR) is 55.6 cm³/mol. The second-order valence-electron chi connectivity index (χ2n) is 4.74. The fourth-order valence-electron chi connectivity index (χ4n) is 2.73. The van der Waals surface area contributed by atoms with Crippen molar-refractivity contribution in [1.29, 1.82) is 0 Å². The van der Waals surface area contributed by atoms with Crippen LogP contribution in [0, 0.1) is 5.92 Å². The van der Waals surface area contributed by atoms with E-state index in [0.717, 1.165) is 12.0 Å². The van der Waals surface area contributed by atoms with E-state index >= 15 is 0 Å². The standard InChI is InChI=1S/C11H22N2/c1-2-9-7-13(8-9)11-6-4-3-5-10(11)12/h9-11H,2-8,12H2,1H3. The van der Waals surface area contributed by atoms with Gasteiger partial charge in [0.1, 0.15) is 0 Å². The number of rotatable bonds is 2. The average Bonchev–Trinajstić information content (AvgIpc) is 2.06. The van der Waals surface area contributed by atoms with Gasteiger partial charge in [0.15, 0.2) is 0 Å². The lowest BCUT2D eigenvalue weighted by molar-refractivity contribution is 0.0244. The molecular weight excluding hydrogens is 160 g/mol. The van der Waals surface area contributed by atoms with Crippen LogP contribution in [0.3, 0.4) is 0 Å². The highest BCUT2D eigenvalue weighted by Crippen LogP contribution is 2.28. The maximum atomic E-state index is 6.13. The lowest BCUT2D eigenvalue weighted by Gasteiger charge is -2.47. The summed E-state index contributed by atoms with van der Waals surface area (Å²) in [6.45, 7) is 4.92. The SMILES string of the molecule is CCC1CN(C2CCCCC2N)C1. The molecule has 13 heavy (non-hydrogen) atoms. The van der Waals surface area contributed by atoms with Gasteiger partial charge in [-0.1, -0.05) is 26.2 Å². The Bertz CT molecular complexity index is 163. The first-order valence-electron chi connectivity index (χ1n) is 5.81. The minimum atomic E-state index is 0.464. The minimum Gasteiger partial charge on any atom is -0.326 e. The molecule has 0 spiro atoms. The third-order valence-corrected chi connectivity index (χ3v) is 3.81. The van der Waals surface area contributed by atoms with Crippen LogP contribution in [0.5, 0.6) is 0 Å². The van der Waals surface area contributed by atoms with E-state index < -0.39 is 0 Å². The Morgan fingerprint density at radius 2 is 1.92 bits per heavy atom. The Hall–Kier alpha value is -0.0800. The summed E-state index contributed by atoms with van der Waals surface area (Å²) in [6.07, 6.45) is 6.68. The molecule has 0 aromatic heterocycles. The molecule has 2 N–H and O–H groups in total. The van der Waals surface area contributed by atoms with E-state index in [4.69, 9.17) is 5.73 Å². The zero-order valence-corrected chi connectivity index (χ0v) is 8.71. The Morgan fingerprint density at radius 1 is 1.23 bits per heavy atom. The van der Waals surface area contributed by atoms with Gasteiger partial charge in [0, 0.05) is 25.2 Å². The molecular formula is C11H22N2. The maximum absolute atomic E-state index is 6.13. The molecule has 0 bridgehead atoms. The third kappa shape index (κ3) is 1.89. The van der Waals surface area contributed by atoms with Crippen molar-refractivity contribution in [3.05, 3.63) is 0 Å². The van der Waals surface area contributed by atoms with Crippen LogP contribution >= 0.6 is 0 Å². The van der Waals surface area contributed by atoms with Crippen molar-refractivity contribution < 1.29 is 0 Å². The number of hydrogen-bond acceptors (Lipinski definition) is 2.